The van der Waals surface area contributed by atoms with Crippen LogP contribution in [0.4, 0.5) is 4.39 Å². The van der Waals surface area contributed by atoms with Crippen molar-refractivity contribution in [2.45, 2.75) is 36.7 Å². The van der Waals surface area contributed by atoms with Gasteiger partial charge in [0.05, 0.1) is 0 Å². The Kier molecular flexibility index (Phi) is 2.64. The van der Waals surface area contributed by atoms with Gasteiger partial charge in [0.2, 0.25) is 0 Å². The number of aliphatic hydroxyl groups is 5. The lowest BCUT2D eigenvalue weighted by Crippen LogP contribution is -2.62. The molecule has 0 aliphatic heterocycles. The Bertz CT molecular complexity index is 107. The summed E-state index contributed by atoms with van der Waals surface area (Å²) in [6.45, 7) is 0. The molecule has 12 heavy (non-hydrogen) atoms. The minimum absolute atomic E-state index is 1.72. The minimum Gasteiger partial charge on any atom is -0.387 e. The summed E-state index contributed by atoms with van der Waals surface area (Å²) < 4.78 is 12.7. The molecule has 72 valence electrons. The molecule has 0 bridgehead atoms. The van der Waals surface area contributed by atoms with Crippen molar-refractivity contribution in [2.24, 2.45) is 0 Å². The smallest absolute Gasteiger partial charge is 0.157 e. The molecule has 4 atom stereocenters. The lowest BCUT2D eigenvalue weighted by Gasteiger charge is -2.38. The number of halogens is 1. The van der Waals surface area contributed by atoms with Gasteiger partial charge in [0, 0.05) is 0 Å². The quantitative estimate of drug-likeness (QED) is 0.277. The summed E-state index contributed by atoms with van der Waals surface area (Å²) in [4.78, 5) is 0. The van der Waals surface area contributed by atoms with Crippen molar-refractivity contribution in [1.82, 2.24) is 0 Å². The summed E-state index contributed by atoms with van der Waals surface area (Å²) >= 11 is 0. The van der Waals surface area contributed by atoms with E-state index in [0.29, 0.717) is 0 Å². The Morgan fingerprint density at radius 2 is 0.833 bits per heavy atom. The summed E-state index contributed by atoms with van der Waals surface area (Å²) in [6.07, 6.45) is -11.1. The largest absolute Gasteiger partial charge is 0.387 e. The Labute approximate surface area is 67.7 Å². The molecule has 0 heterocycles. The highest BCUT2D eigenvalue weighted by Crippen LogP contribution is 2.23. The zero-order valence-corrected chi connectivity index (χ0v) is 6.08. The van der Waals surface area contributed by atoms with Crippen LogP contribution >= 0.6 is 0 Å². The molecule has 1 fully saturated rings. The third kappa shape index (κ3) is 1.32. The van der Waals surface area contributed by atoms with E-state index in [4.69, 9.17) is 25.5 Å². The fourth-order valence-electron chi connectivity index (χ4n) is 1.18. The van der Waals surface area contributed by atoms with Crippen molar-refractivity contribution in [3.05, 3.63) is 0 Å². The molecule has 0 aromatic rings. The van der Waals surface area contributed by atoms with Crippen molar-refractivity contribution < 1.29 is 29.9 Å². The highest BCUT2D eigenvalue weighted by atomic mass is 19.1. The van der Waals surface area contributed by atoms with Crippen molar-refractivity contribution in [3.63, 3.8) is 0 Å². The monoisotopic (exact) mass is 182 g/mol. The van der Waals surface area contributed by atoms with Crippen molar-refractivity contribution in [1.29, 1.82) is 0 Å². The van der Waals surface area contributed by atoms with Gasteiger partial charge in [0.15, 0.2) is 6.17 Å². The van der Waals surface area contributed by atoms with Gasteiger partial charge in [-0.2, -0.15) is 0 Å². The van der Waals surface area contributed by atoms with Gasteiger partial charge in [-0.15, -0.1) is 0 Å². The number of hydrogen-bond acceptors (Lipinski definition) is 5. The lowest BCUT2D eigenvalue weighted by atomic mass is 9.86. The average molecular weight is 182 g/mol. The number of alkyl halides is 1. The van der Waals surface area contributed by atoms with E-state index in [1.54, 1.807) is 0 Å². The summed E-state index contributed by atoms with van der Waals surface area (Å²) in [5.74, 6) is 0. The van der Waals surface area contributed by atoms with Crippen LogP contribution in [0.2, 0.25) is 0 Å². The van der Waals surface area contributed by atoms with Crippen LogP contribution in [0.5, 0.6) is 0 Å². The number of aliphatic hydroxyl groups excluding tert-OH is 5. The first-order chi connectivity index (χ1) is 5.46. The predicted octanol–water partition coefficient (Wildman–Crippen LogP) is -2.86. The number of hydrogen-bond donors (Lipinski definition) is 5. The van der Waals surface area contributed by atoms with Crippen molar-refractivity contribution in [2.75, 3.05) is 0 Å². The third-order valence-corrected chi connectivity index (χ3v) is 2.05. The van der Waals surface area contributed by atoms with Gasteiger partial charge in [-0.05, 0) is 0 Å². The summed E-state index contributed by atoms with van der Waals surface area (Å²) in [6, 6.07) is 0. The topological polar surface area (TPSA) is 101 Å². The van der Waals surface area contributed by atoms with Crippen molar-refractivity contribution in [3.8, 4) is 0 Å². The van der Waals surface area contributed by atoms with Crippen LogP contribution in [0, 0.1) is 0 Å². The molecule has 4 unspecified atom stereocenters. The zero-order chi connectivity index (χ0) is 9.46. The fraction of sp³-hybridized carbons (Fsp3) is 1.00. The molecular formula is C6H11FO5. The van der Waals surface area contributed by atoms with E-state index < -0.39 is 36.7 Å². The van der Waals surface area contributed by atoms with Crippen LogP contribution in [0.1, 0.15) is 0 Å². The Balaban J connectivity index is 2.76. The standard InChI is InChI=1S/C6H11FO5/c7-1-2(8)4(10)6(12)5(11)3(1)9/h1-6,8-12H/t1-,2?,3?,4?,5?,6-. The predicted molar refractivity (Wildman–Crippen MR) is 34.9 cm³/mol. The van der Waals surface area contributed by atoms with E-state index >= 15 is 0 Å². The first-order valence-corrected chi connectivity index (χ1v) is 3.51. The molecular weight excluding hydrogens is 171 g/mol. The van der Waals surface area contributed by atoms with E-state index in [-0.39, 0.29) is 0 Å². The maximum absolute atomic E-state index is 12.7. The normalized spacial score (nSPS) is 55.5. The molecule has 1 aliphatic carbocycles. The highest BCUT2D eigenvalue weighted by Gasteiger charge is 2.48. The van der Waals surface area contributed by atoms with E-state index in [9.17, 15) is 4.39 Å². The van der Waals surface area contributed by atoms with E-state index in [2.05, 4.69) is 0 Å². The molecule has 0 saturated heterocycles. The molecule has 5 N–H and O–H groups in total. The number of rotatable bonds is 0. The van der Waals surface area contributed by atoms with Gasteiger partial charge in [-0.1, -0.05) is 0 Å². The van der Waals surface area contributed by atoms with Crippen LogP contribution in [0.15, 0.2) is 0 Å². The molecule has 0 aromatic heterocycles. The van der Waals surface area contributed by atoms with Gasteiger partial charge in [-0.25, -0.2) is 4.39 Å². The molecule has 0 spiro atoms. The maximum Gasteiger partial charge on any atom is 0.157 e. The second-order valence-corrected chi connectivity index (χ2v) is 2.90. The summed E-state index contributed by atoms with van der Waals surface area (Å²) in [5, 5.41) is 44.4. The van der Waals surface area contributed by atoms with Gasteiger partial charge in [0.25, 0.3) is 0 Å². The van der Waals surface area contributed by atoms with Crippen LogP contribution in [0.3, 0.4) is 0 Å². The second kappa shape index (κ2) is 3.23. The molecule has 1 aliphatic rings. The van der Waals surface area contributed by atoms with Crippen LogP contribution in [-0.4, -0.2) is 62.2 Å². The molecule has 1 rings (SSSR count). The SMILES string of the molecule is OC1C(O)[C@H](F)C(O)C(O)[C@H]1O. The Morgan fingerprint density at radius 3 is 1.17 bits per heavy atom. The van der Waals surface area contributed by atoms with E-state index in [0.717, 1.165) is 0 Å². The van der Waals surface area contributed by atoms with Gasteiger partial charge in [-0.3, -0.25) is 0 Å². The highest BCUT2D eigenvalue weighted by molar-refractivity contribution is 4.98. The molecule has 0 amide bonds. The minimum atomic E-state index is -2.14. The summed E-state index contributed by atoms with van der Waals surface area (Å²) in [5.41, 5.74) is 0. The summed E-state index contributed by atoms with van der Waals surface area (Å²) in [7, 11) is 0. The van der Waals surface area contributed by atoms with Crippen LogP contribution in [-0.2, 0) is 0 Å². The van der Waals surface area contributed by atoms with Gasteiger partial charge in [0.1, 0.15) is 30.5 Å². The molecule has 6 heteroatoms. The molecule has 5 nitrogen and oxygen atoms in total. The molecule has 0 radical (unpaired) electrons. The Hall–Kier alpha value is -0.270. The van der Waals surface area contributed by atoms with E-state index in [1.807, 2.05) is 0 Å². The second-order valence-electron chi connectivity index (χ2n) is 2.90. The van der Waals surface area contributed by atoms with Gasteiger partial charge < -0.3 is 25.5 Å². The maximum atomic E-state index is 12.7. The van der Waals surface area contributed by atoms with Crippen molar-refractivity contribution >= 4 is 0 Å². The fourth-order valence-corrected chi connectivity index (χ4v) is 1.18. The molecule has 0 aromatic carbocycles. The van der Waals surface area contributed by atoms with E-state index in [1.165, 1.54) is 0 Å². The van der Waals surface area contributed by atoms with Crippen LogP contribution < -0.4 is 0 Å². The zero-order valence-electron chi connectivity index (χ0n) is 6.08. The molecule has 1 saturated carbocycles. The average Bonchev–Trinajstić information content (AvgIpc) is 2.08. The first-order valence-electron chi connectivity index (χ1n) is 3.51. The first kappa shape index (κ1) is 9.82. The Morgan fingerprint density at radius 1 is 0.583 bits per heavy atom. The van der Waals surface area contributed by atoms with Crippen LogP contribution in [0.25, 0.3) is 0 Å². The third-order valence-electron chi connectivity index (χ3n) is 2.05. The lowest BCUT2D eigenvalue weighted by molar-refractivity contribution is -0.206. The van der Waals surface area contributed by atoms with Gasteiger partial charge >= 0.3 is 0 Å².